The van der Waals surface area contributed by atoms with E-state index in [1.54, 1.807) is 9.80 Å². The summed E-state index contributed by atoms with van der Waals surface area (Å²) in [4.78, 5) is 37.8. The number of para-hydroxylation sites is 2. The molecule has 0 spiro atoms. The van der Waals surface area contributed by atoms with Gasteiger partial charge in [0.2, 0.25) is 5.91 Å². The Hall–Kier alpha value is -3.84. The molecule has 0 bridgehead atoms. The molecule has 0 unspecified atom stereocenters. The summed E-state index contributed by atoms with van der Waals surface area (Å²) in [6, 6.07) is 15.1. The lowest BCUT2D eigenvalue weighted by Crippen LogP contribution is -2.64. The minimum absolute atomic E-state index is 0.128. The van der Waals surface area contributed by atoms with Crippen molar-refractivity contribution >= 4 is 34.5 Å². The predicted molar refractivity (Wildman–Crippen MR) is 152 cm³/mol. The lowest BCUT2D eigenvalue weighted by Gasteiger charge is -2.48. The maximum Gasteiger partial charge on any atom is 0.273 e. The Kier molecular flexibility index (Phi) is 4.74. The highest BCUT2D eigenvalue weighted by Gasteiger charge is 2.67. The number of aromatic nitrogens is 1. The molecule has 2 saturated heterocycles. The normalized spacial score (nSPS) is 28.6. The molecule has 5 heterocycles. The van der Waals surface area contributed by atoms with Gasteiger partial charge in [0.25, 0.3) is 5.91 Å². The third-order valence-corrected chi connectivity index (χ3v) is 9.49. The molecule has 39 heavy (non-hydrogen) atoms. The van der Waals surface area contributed by atoms with Gasteiger partial charge in [-0.1, -0.05) is 56.3 Å². The molecule has 2 amide bonds. The van der Waals surface area contributed by atoms with Gasteiger partial charge >= 0.3 is 0 Å². The smallest absolute Gasteiger partial charge is 0.273 e. The maximum absolute atomic E-state index is 14.6. The number of rotatable bonds is 2. The second-order valence-corrected chi connectivity index (χ2v) is 12.6. The van der Waals surface area contributed by atoms with Gasteiger partial charge < -0.3 is 24.8 Å². The van der Waals surface area contributed by atoms with Crippen molar-refractivity contribution < 1.29 is 14.7 Å². The van der Waals surface area contributed by atoms with Gasteiger partial charge in [0.1, 0.15) is 23.5 Å². The van der Waals surface area contributed by atoms with Crippen molar-refractivity contribution in [3.05, 3.63) is 83.7 Å². The molecule has 1 aromatic heterocycles. The fourth-order valence-corrected chi connectivity index (χ4v) is 7.27. The van der Waals surface area contributed by atoms with E-state index in [4.69, 9.17) is 0 Å². The Morgan fingerprint density at radius 1 is 1.10 bits per heavy atom. The summed E-state index contributed by atoms with van der Waals surface area (Å²) < 4.78 is 0. The summed E-state index contributed by atoms with van der Waals surface area (Å²) in [6.07, 6.45) is 3.86. The zero-order chi connectivity index (χ0) is 27.5. The maximum atomic E-state index is 14.6. The van der Waals surface area contributed by atoms with E-state index < -0.39 is 23.3 Å². The van der Waals surface area contributed by atoms with E-state index in [1.807, 2.05) is 68.5 Å². The summed E-state index contributed by atoms with van der Waals surface area (Å²) in [5, 5.41) is 13.3. The number of fused-ring (bicyclic) bond motifs is 9. The number of aromatic amines is 1. The number of anilines is 1. The number of nitrogens with one attached hydrogen (secondary N) is 1. The Bertz CT molecular complexity index is 1610. The molecule has 0 aliphatic carbocycles. The van der Waals surface area contributed by atoms with Crippen molar-refractivity contribution in [2.75, 3.05) is 11.4 Å². The van der Waals surface area contributed by atoms with E-state index in [-0.39, 0.29) is 23.7 Å². The zero-order valence-electron chi connectivity index (χ0n) is 22.9. The predicted octanol–water partition coefficient (Wildman–Crippen LogP) is 4.63. The van der Waals surface area contributed by atoms with Crippen molar-refractivity contribution in [1.29, 1.82) is 0 Å². The first-order chi connectivity index (χ1) is 18.5. The molecule has 3 aromatic rings. The van der Waals surface area contributed by atoms with Crippen LogP contribution in [-0.2, 0) is 20.6 Å². The van der Waals surface area contributed by atoms with Crippen molar-refractivity contribution in [2.24, 2.45) is 0 Å². The van der Waals surface area contributed by atoms with Crippen LogP contribution in [0.3, 0.4) is 0 Å². The molecule has 4 aliphatic heterocycles. The van der Waals surface area contributed by atoms with Gasteiger partial charge in [-0.2, -0.15) is 0 Å². The number of carbonyl (C=O) groups is 2. The number of hydrogen-bond acceptors (Lipinski definition) is 4. The second kappa shape index (κ2) is 7.63. The van der Waals surface area contributed by atoms with Crippen LogP contribution >= 0.6 is 0 Å². The van der Waals surface area contributed by atoms with Crippen LogP contribution in [0.1, 0.15) is 57.4 Å². The van der Waals surface area contributed by atoms with E-state index in [1.165, 1.54) is 0 Å². The molecule has 3 atom stereocenters. The van der Waals surface area contributed by atoms with E-state index in [0.717, 1.165) is 33.4 Å². The third kappa shape index (κ3) is 3.02. The highest BCUT2D eigenvalue weighted by atomic mass is 16.3. The van der Waals surface area contributed by atoms with Crippen LogP contribution in [0, 0.1) is 0 Å². The summed E-state index contributed by atoms with van der Waals surface area (Å²) in [7, 11) is 0. The van der Waals surface area contributed by atoms with Crippen LogP contribution in [0.2, 0.25) is 0 Å². The van der Waals surface area contributed by atoms with Crippen LogP contribution in [0.15, 0.2) is 66.9 Å². The number of amides is 2. The number of hydrogen-bond donors (Lipinski definition) is 2. The van der Waals surface area contributed by atoms with Crippen LogP contribution in [-0.4, -0.2) is 56.0 Å². The molecule has 7 heteroatoms. The molecule has 7 nitrogen and oxygen atoms in total. The van der Waals surface area contributed by atoms with Gasteiger partial charge in [-0.05, 0) is 38.5 Å². The number of aliphatic hydroxyl groups is 1. The first-order valence-corrected chi connectivity index (χ1v) is 13.7. The van der Waals surface area contributed by atoms with Gasteiger partial charge in [-0.25, -0.2) is 0 Å². The lowest BCUT2D eigenvalue weighted by molar-refractivity contribution is -0.151. The minimum atomic E-state index is -1.38. The molecular weight excluding hydrogens is 488 g/mol. The molecule has 4 aliphatic rings. The monoisotopic (exact) mass is 522 g/mol. The highest BCUT2D eigenvalue weighted by molar-refractivity contribution is 6.10. The summed E-state index contributed by atoms with van der Waals surface area (Å²) >= 11 is 0. The summed E-state index contributed by atoms with van der Waals surface area (Å²) in [5.74, 6) is -0.356. The Balaban J connectivity index is 1.43. The lowest BCUT2D eigenvalue weighted by atomic mass is 9.81. The number of carbonyl (C=O) groups excluding carboxylic acids is 2. The quantitative estimate of drug-likeness (QED) is 0.481. The van der Waals surface area contributed by atoms with Gasteiger partial charge in [0, 0.05) is 51.8 Å². The SMILES string of the molecule is C=CC(C)(C)N1c2ccccc2[C@@]2(O)C[C@H]3C(=O)N4CCC(C)(C)c5[nH]c6ccccc6c5/C=C\4C(=O)N3[C@@H]12. The molecule has 2 aromatic carbocycles. The topological polar surface area (TPSA) is 79.9 Å². The fraction of sp³-hybridized carbons (Fsp3) is 0.375. The first kappa shape index (κ1) is 24.2. The van der Waals surface area contributed by atoms with Crippen LogP contribution in [0.5, 0.6) is 0 Å². The van der Waals surface area contributed by atoms with E-state index in [2.05, 4.69) is 36.4 Å². The highest BCUT2D eigenvalue weighted by Crippen LogP contribution is 2.56. The van der Waals surface area contributed by atoms with Crippen molar-refractivity contribution in [3.8, 4) is 0 Å². The number of benzene rings is 2. The first-order valence-electron chi connectivity index (χ1n) is 13.7. The zero-order valence-corrected chi connectivity index (χ0v) is 22.9. The molecule has 7 rings (SSSR count). The van der Waals surface area contributed by atoms with Gasteiger partial charge in [-0.3, -0.25) is 9.59 Å². The van der Waals surface area contributed by atoms with Crippen LogP contribution in [0.4, 0.5) is 5.69 Å². The number of piperazine rings is 1. The number of nitrogens with zero attached hydrogens (tertiary/aromatic N) is 3. The van der Waals surface area contributed by atoms with Crippen LogP contribution in [0.25, 0.3) is 17.0 Å². The average molecular weight is 523 g/mol. The average Bonchev–Trinajstić information content (AvgIpc) is 3.51. The van der Waals surface area contributed by atoms with Gasteiger partial charge in [0.15, 0.2) is 0 Å². The van der Waals surface area contributed by atoms with E-state index in [0.29, 0.717) is 18.7 Å². The Morgan fingerprint density at radius 2 is 1.82 bits per heavy atom. The van der Waals surface area contributed by atoms with Crippen molar-refractivity contribution in [2.45, 2.75) is 69.3 Å². The van der Waals surface area contributed by atoms with Crippen LogP contribution < -0.4 is 4.90 Å². The standard InChI is InChI=1S/C32H34N4O3/c1-6-31(4,5)36-23-14-10-8-12-21(23)32(39)18-25-27(37)34-16-15-30(2,3)26-20(19-11-7-9-13-22(19)33-26)17-24(34)28(38)35(25)29(32)36/h6-14,17,25,29,33,39H,1,15-16,18H2,2-5H3/b24-17-/t25-,29-,32-/m0/s1. The summed E-state index contributed by atoms with van der Waals surface area (Å²) in [5.41, 5.74) is 2.82. The van der Waals surface area contributed by atoms with E-state index >= 15 is 0 Å². The largest absolute Gasteiger partial charge is 0.381 e. The fourth-order valence-electron chi connectivity index (χ4n) is 7.27. The molecular formula is C32H34N4O3. The molecule has 0 saturated carbocycles. The Morgan fingerprint density at radius 3 is 2.59 bits per heavy atom. The molecule has 2 fully saturated rings. The second-order valence-electron chi connectivity index (χ2n) is 12.6. The van der Waals surface area contributed by atoms with Gasteiger partial charge in [-0.15, -0.1) is 6.58 Å². The van der Waals surface area contributed by atoms with E-state index in [9.17, 15) is 14.7 Å². The van der Waals surface area contributed by atoms with Crippen molar-refractivity contribution in [3.63, 3.8) is 0 Å². The summed E-state index contributed by atoms with van der Waals surface area (Å²) in [6.45, 7) is 12.9. The number of H-pyrrole nitrogens is 1. The minimum Gasteiger partial charge on any atom is -0.381 e. The molecule has 0 radical (unpaired) electrons. The third-order valence-electron chi connectivity index (χ3n) is 9.49. The van der Waals surface area contributed by atoms with Gasteiger partial charge in [0.05, 0.1) is 5.54 Å². The Labute approximate surface area is 228 Å². The molecule has 200 valence electrons. The van der Waals surface area contributed by atoms with Crippen molar-refractivity contribution in [1.82, 2.24) is 14.8 Å². The molecule has 2 N–H and O–H groups in total.